The van der Waals surface area contributed by atoms with Crippen molar-refractivity contribution in [3.63, 3.8) is 0 Å². The van der Waals surface area contributed by atoms with E-state index in [2.05, 4.69) is 39.0 Å². The first-order valence-corrected chi connectivity index (χ1v) is 8.15. The molecule has 0 heterocycles. The zero-order chi connectivity index (χ0) is 15.5. The van der Waals surface area contributed by atoms with Crippen LogP contribution in [0.25, 0.3) is 0 Å². The maximum atomic E-state index is 10.8. The minimum absolute atomic E-state index is 0.522. The number of hydrogen-bond donors (Lipinski definition) is 1. The fourth-order valence-electron chi connectivity index (χ4n) is 3.63. The summed E-state index contributed by atoms with van der Waals surface area (Å²) in [5.74, 6) is 1.15. The molecular weight excluding hydrogens is 258 g/mol. The molecule has 1 aromatic carbocycles. The van der Waals surface area contributed by atoms with Crippen LogP contribution in [0.4, 0.5) is 0 Å². The van der Waals surface area contributed by atoms with Crippen LogP contribution in [-0.2, 0) is 6.42 Å². The van der Waals surface area contributed by atoms with Gasteiger partial charge < -0.3 is 5.11 Å². The quantitative estimate of drug-likeness (QED) is 0.876. The molecule has 1 aromatic rings. The molecule has 0 amide bonds. The average molecular weight is 285 g/mol. The van der Waals surface area contributed by atoms with Crippen LogP contribution in [0.1, 0.15) is 63.7 Å². The second-order valence-corrected chi connectivity index (χ2v) is 7.21. The molecule has 114 valence electrons. The number of benzene rings is 1. The van der Waals surface area contributed by atoms with Crippen molar-refractivity contribution in [1.29, 1.82) is 5.26 Å². The number of aliphatic hydroxyl groups is 1. The Morgan fingerprint density at radius 2 is 2.00 bits per heavy atom. The summed E-state index contributed by atoms with van der Waals surface area (Å²) >= 11 is 0. The Kier molecular flexibility index (Phi) is 5.06. The Morgan fingerprint density at radius 1 is 1.33 bits per heavy atom. The topological polar surface area (TPSA) is 44.0 Å². The molecule has 2 rings (SSSR count). The number of nitrogens with zero attached hydrogens (tertiary/aromatic N) is 1. The molecule has 1 N–H and O–H groups in total. The van der Waals surface area contributed by atoms with Crippen LogP contribution in [-0.4, -0.2) is 5.11 Å². The third-order valence-corrected chi connectivity index (χ3v) is 4.72. The lowest BCUT2D eigenvalue weighted by Crippen LogP contribution is -2.32. The highest BCUT2D eigenvalue weighted by atomic mass is 16.3. The molecule has 0 bridgehead atoms. The Hall–Kier alpha value is -1.33. The van der Waals surface area contributed by atoms with E-state index in [-0.39, 0.29) is 0 Å². The first kappa shape index (κ1) is 16.0. The highest BCUT2D eigenvalue weighted by Gasteiger charge is 2.42. The van der Waals surface area contributed by atoms with Gasteiger partial charge in [0.15, 0.2) is 0 Å². The smallest absolute Gasteiger partial charge is 0.0976 e. The Morgan fingerprint density at radius 3 is 2.52 bits per heavy atom. The fraction of sp³-hybridized carbons (Fsp3) is 0.632. The molecule has 1 fully saturated rings. The summed E-state index contributed by atoms with van der Waals surface area (Å²) in [7, 11) is 0. The lowest BCUT2D eigenvalue weighted by molar-refractivity contribution is 0.0219. The minimum Gasteiger partial charge on any atom is -0.387 e. The molecule has 1 aliphatic carbocycles. The van der Waals surface area contributed by atoms with Crippen LogP contribution in [0.15, 0.2) is 24.3 Å². The van der Waals surface area contributed by atoms with Crippen molar-refractivity contribution < 1.29 is 5.11 Å². The van der Waals surface area contributed by atoms with Gasteiger partial charge in [-0.2, -0.15) is 5.26 Å². The predicted octanol–water partition coefficient (Wildman–Crippen LogP) is 4.64. The maximum Gasteiger partial charge on any atom is 0.0976 e. The lowest BCUT2D eigenvalue weighted by atomic mass is 9.66. The van der Waals surface area contributed by atoms with Gasteiger partial charge in [0.25, 0.3) is 0 Å². The maximum absolute atomic E-state index is 10.8. The summed E-state index contributed by atoms with van der Waals surface area (Å²) in [5.41, 5.74) is 1.58. The van der Waals surface area contributed by atoms with E-state index >= 15 is 0 Å². The first-order valence-electron chi connectivity index (χ1n) is 8.15. The fourth-order valence-corrected chi connectivity index (χ4v) is 3.63. The standard InChI is InChI=1S/C19H27NO/c1-14(2)11-16-6-8-17(9-7-16)18(21)19(13-20)10-4-5-15(3)12-19/h6-9,14-15,18,21H,4-5,10-12H2,1-3H3. The minimum atomic E-state index is -0.668. The lowest BCUT2D eigenvalue weighted by Gasteiger charge is -2.38. The Balaban J connectivity index is 2.18. The van der Waals surface area contributed by atoms with E-state index < -0.39 is 11.5 Å². The summed E-state index contributed by atoms with van der Waals surface area (Å²) in [6.45, 7) is 6.59. The average Bonchev–Trinajstić information content (AvgIpc) is 2.46. The SMILES string of the molecule is CC(C)Cc1ccc(C(O)C2(C#N)CCCC(C)C2)cc1. The largest absolute Gasteiger partial charge is 0.387 e. The molecule has 0 aromatic heterocycles. The van der Waals surface area contributed by atoms with Gasteiger partial charge in [-0.1, -0.05) is 57.9 Å². The second-order valence-electron chi connectivity index (χ2n) is 7.21. The van der Waals surface area contributed by atoms with Crippen molar-refractivity contribution in [2.24, 2.45) is 17.3 Å². The van der Waals surface area contributed by atoms with E-state index in [0.717, 1.165) is 31.2 Å². The number of nitriles is 1. The van der Waals surface area contributed by atoms with Crippen molar-refractivity contribution in [2.75, 3.05) is 0 Å². The molecule has 1 aliphatic rings. The molecule has 0 radical (unpaired) electrons. The van der Waals surface area contributed by atoms with Gasteiger partial charge in [0.05, 0.1) is 17.6 Å². The van der Waals surface area contributed by atoms with Gasteiger partial charge in [0, 0.05) is 0 Å². The van der Waals surface area contributed by atoms with Gasteiger partial charge >= 0.3 is 0 Å². The highest BCUT2D eigenvalue weighted by Crippen LogP contribution is 2.47. The number of aliphatic hydroxyl groups excluding tert-OH is 1. The van der Waals surface area contributed by atoms with E-state index in [1.807, 2.05) is 12.1 Å². The summed E-state index contributed by atoms with van der Waals surface area (Å²) in [4.78, 5) is 0. The van der Waals surface area contributed by atoms with Gasteiger partial charge in [-0.15, -0.1) is 0 Å². The van der Waals surface area contributed by atoms with Crippen LogP contribution < -0.4 is 0 Å². The normalized spacial score (nSPS) is 27.3. The van der Waals surface area contributed by atoms with Crippen molar-refractivity contribution >= 4 is 0 Å². The van der Waals surface area contributed by atoms with Crippen molar-refractivity contribution in [3.05, 3.63) is 35.4 Å². The zero-order valence-corrected chi connectivity index (χ0v) is 13.5. The Labute approximate surface area is 128 Å². The second kappa shape index (κ2) is 6.62. The van der Waals surface area contributed by atoms with E-state index in [1.54, 1.807) is 0 Å². The molecule has 21 heavy (non-hydrogen) atoms. The van der Waals surface area contributed by atoms with E-state index in [1.165, 1.54) is 12.0 Å². The molecule has 1 saturated carbocycles. The van der Waals surface area contributed by atoms with Gasteiger partial charge in [-0.25, -0.2) is 0 Å². The summed E-state index contributed by atoms with van der Waals surface area (Å²) in [6.07, 6.45) is 4.21. The molecular formula is C19H27NO. The van der Waals surface area contributed by atoms with E-state index in [9.17, 15) is 10.4 Å². The van der Waals surface area contributed by atoms with Crippen LogP contribution in [0.3, 0.4) is 0 Å². The molecule has 0 saturated heterocycles. The van der Waals surface area contributed by atoms with Gasteiger partial charge in [0.1, 0.15) is 0 Å². The van der Waals surface area contributed by atoms with Crippen LogP contribution >= 0.6 is 0 Å². The van der Waals surface area contributed by atoms with E-state index in [4.69, 9.17) is 0 Å². The summed E-state index contributed by atoms with van der Waals surface area (Å²) in [5, 5.41) is 20.4. The number of rotatable bonds is 4. The van der Waals surface area contributed by atoms with Crippen LogP contribution in [0.5, 0.6) is 0 Å². The zero-order valence-electron chi connectivity index (χ0n) is 13.5. The van der Waals surface area contributed by atoms with Gasteiger partial charge in [0.2, 0.25) is 0 Å². The molecule has 3 atom stereocenters. The van der Waals surface area contributed by atoms with Crippen molar-refractivity contribution in [3.8, 4) is 6.07 Å². The molecule has 2 nitrogen and oxygen atoms in total. The van der Waals surface area contributed by atoms with Crippen molar-refractivity contribution in [1.82, 2.24) is 0 Å². The molecule has 0 spiro atoms. The summed E-state index contributed by atoms with van der Waals surface area (Å²) < 4.78 is 0. The van der Waals surface area contributed by atoms with Gasteiger partial charge in [-0.05, 0) is 42.2 Å². The summed E-state index contributed by atoms with van der Waals surface area (Å²) in [6, 6.07) is 10.6. The molecule has 3 unspecified atom stereocenters. The molecule has 2 heteroatoms. The van der Waals surface area contributed by atoms with Gasteiger partial charge in [-0.3, -0.25) is 0 Å². The van der Waals surface area contributed by atoms with E-state index in [0.29, 0.717) is 11.8 Å². The highest BCUT2D eigenvalue weighted by molar-refractivity contribution is 5.28. The Bertz CT molecular complexity index is 499. The molecule has 0 aliphatic heterocycles. The monoisotopic (exact) mass is 285 g/mol. The first-order chi connectivity index (χ1) is 9.97. The van der Waals surface area contributed by atoms with Crippen LogP contribution in [0, 0.1) is 28.6 Å². The third kappa shape index (κ3) is 3.66. The van der Waals surface area contributed by atoms with Crippen molar-refractivity contribution in [2.45, 2.75) is 59.0 Å². The number of hydrogen-bond acceptors (Lipinski definition) is 2. The predicted molar refractivity (Wildman–Crippen MR) is 85.6 cm³/mol. The third-order valence-electron chi connectivity index (χ3n) is 4.72. The van der Waals surface area contributed by atoms with Crippen LogP contribution in [0.2, 0.25) is 0 Å².